The van der Waals surface area contributed by atoms with Crippen molar-refractivity contribution in [2.24, 2.45) is 5.14 Å². The molecule has 0 unspecified atom stereocenters. The van der Waals surface area contributed by atoms with Crippen LogP contribution < -0.4 is 15.8 Å². The van der Waals surface area contributed by atoms with E-state index in [2.05, 4.69) is 10.6 Å². The molecule has 2 rings (SSSR count). The number of primary sulfonamides is 1. The number of anilines is 2. The molecule has 0 aliphatic carbocycles. The standard InChI is InChI=1S/C15H15N3O4S2/c1-9-2-3-10(14(19)20)8-13(9)18-15(23)17-11-4-6-12(7-5-11)24(16,21)22/h2-8H,1H3,(H,19,20)(H2,16,21,22)(H2,17,18,23). The summed E-state index contributed by atoms with van der Waals surface area (Å²) in [6, 6.07) is 10.4. The lowest BCUT2D eigenvalue weighted by molar-refractivity contribution is 0.0697. The molecule has 0 aliphatic heterocycles. The molecule has 5 N–H and O–H groups in total. The third-order valence-corrected chi connectivity index (χ3v) is 4.31. The maximum absolute atomic E-state index is 11.2. The summed E-state index contributed by atoms with van der Waals surface area (Å²) >= 11 is 5.18. The quantitative estimate of drug-likeness (QED) is 0.612. The van der Waals surface area contributed by atoms with Crippen LogP contribution >= 0.6 is 12.2 Å². The van der Waals surface area contributed by atoms with Crippen LogP contribution in [0.2, 0.25) is 0 Å². The minimum Gasteiger partial charge on any atom is -0.478 e. The Kier molecular flexibility index (Phi) is 5.17. The van der Waals surface area contributed by atoms with E-state index < -0.39 is 16.0 Å². The van der Waals surface area contributed by atoms with Crippen LogP contribution in [0.25, 0.3) is 0 Å². The Bertz CT molecular complexity index is 893. The number of rotatable bonds is 4. The molecule has 0 fully saturated rings. The summed E-state index contributed by atoms with van der Waals surface area (Å²) < 4.78 is 22.4. The van der Waals surface area contributed by atoms with Crippen molar-refractivity contribution in [3.05, 3.63) is 53.6 Å². The highest BCUT2D eigenvalue weighted by molar-refractivity contribution is 7.89. The van der Waals surface area contributed by atoms with E-state index in [0.717, 1.165) is 5.56 Å². The fraction of sp³-hybridized carbons (Fsp3) is 0.0667. The smallest absolute Gasteiger partial charge is 0.335 e. The fourth-order valence-corrected chi connectivity index (χ4v) is 2.65. The van der Waals surface area contributed by atoms with Crippen LogP contribution in [0.3, 0.4) is 0 Å². The Morgan fingerprint density at radius 2 is 1.75 bits per heavy atom. The number of hydrogen-bond acceptors (Lipinski definition) is 4. The number of aromatic carboxylic acids is 1. The van der Waals surface area contributed by atoms with Crippen molar-refractivity contribution >= 4 is 44.7 Å². The van der Waals surface area contributed by atoms with Gasteiger partial charge in [-0.1, -0.05) is 6.07 Å². The molecule has 0 aromatic heterocycles. The van der Waals surface area contributed by atoms with Crippen LogP contribution in [0.1, 0.15) is 15.9 Å². The Balaban J connectivity index is 2.11. The number of carboxylic acid groups (broad SMARTS) is 1. The maximum atomic E-state index is 11.2. The summed E-state index contributed by atoms with van der Waals surface area (Å²) in [6.45, 7) is 1.82. The van der Waals surface area contributed by atoms with Gasteiger partial charge in [-0.3, -0.25) is 0 Å². The van der Waals surface area contributed by atoms with Gasteiger partial charge in [0, 0.05) is 11.4 Å². The zero-order valence-corrected chi connectivity index (χ0v) is 14.2. The molecule has 0 radical (unpaired) electrons. The largest absolute Gasteiger partial charge is 0.478 e. The number of nitrogens with one attached hydrogen (secondary N) is 2. The molecule has 0 atom stereocenters. The average molecular weight is 365 g/mol. The van der Waals surface area contributed by atoms with Crippen LogP contribution in [0.15, 0.2) is 47.4 Å². The number of nitrogens with two attached hydrogens (primary N) is 1. The molecule has 9 heteroatoms. The van der Waals surface area contributed by atoms with Gasteiger partial charge >= 0.3 is 5.97 Å². The van der Waals surface area contributed by atoms with Crippen LogP contribution in [0, 0.1) is 6.92 Å². The van der Waals surface area contributed by atoms with Crippen LogP contribution in [0.5, 0.6) is 0 Å². The molecule has 0 amide bonds. The summed E-state index contributed by atoms with van der Waals surface area (Å²) in [7, 11) is -3.75. The second kappa shape index (κ2) is 6.95. The SMILES string of the molecule is Cc1ccc(C(=O)O)cc1NC(=S)Nc1ccc(S(N)(=O)=O)cc1. The zero-order valence-electron chi connectivity index (χ0n) is 12.6. The van der Waals surface area contributed by atoms with Crippen LogP contribution in [0.4, 0.5) is 11.4 Å². The van der Waals surface area contributed by atoms with Gasteiger partial charge in [0.1, 0.15) is 0 Å². The number of sulfonamides is 1. The van der Waals surface area contributed by atoms with E-state index in [1.807, 2.05) is 6.92 Å². The molecular weight excluding hydrogens is 350 g/mol. The predicted octanol–water partition coefficient (Wildman–Crippen LogP) is 2.15. The first-order chi connectivity index (χ1) is 11.2. The van der Waals surface area contributed by atoms with Crippen LogP contribution in [-0.2, 0) is 10.0 Å². The highest BCUT2D eigenvalue weighted by Crippen LogP contribution is 2.18. The molecule has 24 heavy (non-hydrogen) atoms. The first kappa shape index (κ1) is 17.9. The summed E-state index contributed by atoms with van der Waals surface area (Å²) in [6.07, 6.45) is 0. The summed E-state index contributed by atoms with van der Waals surface area (Å²) in [5.41, 5.74) is 2.10. The van der Waals surface area contributed by atoms with Crippen molar-refractivity contribution in [1.82, 2.24) is 0 Å². The number of hydrogen-bond donors (Lipinski definition) is 4. The van der Waals surface area contributed by atoms with Crippen molar-refractivity contribution in [3.8, 4) is 0 Å². The molecule has 2 aromatic carbocycles. The highest BCUT2D eigenvalue weighted by Gasteiger charge is 2.09. The summed E-state index contributed by atoms with van der Waals surface area (Å²) in [5.74, 6) is -1.03. The van der Waals surface area contributed by atoms with Gasteiger partial charge in [-0.25, -0.2) is 18.4 Å². The maximum Gasteiger partial charge on any atom is 0.335 e. The Hall–Kier alpha value is -2.49. The van der Waals surface area contributed by atoms with Gasteiger partial charge in [0.25, 0.3) is 0 Å². The van der Waals surface area contributed by atoms with Crippen molar-refractivity contribution in [2.75, 3.05) is 10.6 Å². The normalized spacial score (nSPS) is 10.9. The van der Waals surface area contributed by atoms with Gasteiger partial charge in [0.05, 0.1) is 10.5 Å². The van der Waals surface area contributed by atoms with Crippen LogP contribution in [-0.4, -0.2) is 24.6 Å². The lowest BCUT2D eigenvalue weighted by Gasteiger charge is -2.13. The number of carbonyl (C=O) groups is 1. The van der Waals surface area contributed by atoms with Crippen molar-refractivity contribution in [2.45, 2.75) is 11.8 Å². The molecule has 0 spiro atoms. The summed E-state index contributed by atoms with van der Waals surface area (Å²) in [4.78, 5) is 11.0. The fourth-order valence-electron chi connectivity index (χ4n) is 1.90. The van der Waals surface area contributed by atoms with Gasteiger partial charge in [-0.15, -0.1) is 0 Å². The topological polar surface area (TPSA) is 122 Å². The predicted molar refractivity (Wildman–Crippen MR) is 95.8 cm³/mol. The number of benzene rings is 2. The van der Waals surface area contributed by atoms with E-state index in [0.29, 0.717) is 11.4 Å². The Morgan fingerprint density at radius 1 is 1.12 bits per heavy atom. The second-order valence-electron chi connectivity index (χ2n) is 4.98. The number of carboxylic acids is 1. The van der Waals surface area contributed by atoms with Gasteiger partial charge in [-0.2, -0.15) is 0 Å². The lowest BCUT2D eigenvalue weighted by Crippen LogP contribution is -2.20. The minimum atomic E-state index is -3.75. The first-order valence-corrected chi connectivity index (χ1v) is 8.67. The third kappa shape index (κ3) is 4.51. The molecule has 0 saturated heterocycles. The van der Waals surface area contributed by atoms with Crippen molar-refractivity contribution in [3.63, 3.8) is 0 Å². The molecule has 0 bridgehead atoms. The summed E-state index contributed by atoms with van der Waals surface area (Å²) in [5, 5.41) is 20.1. The molecule has 0 aliphatic rings. The van der Waals surface area contributed by atoms with E-state index in [9.17, 15) is 13.2 Å². The zero-order chi connectivity index (χ0) is 17.9. The molecule has 126 valence electrons. The van der Waals surface area contributed by atoms with Crippen molar-refractivity contribution < 1.29 is 18.3 Å². The van der Waals surface area contributed by atoms with Crippen molar-refractivity contribution in [1.29, 1.82) is 0 Å². The minimum absolute atomic E-state index is 0.00284. The number of aryl methyl sites for hydroxylation is 1. The van der Waals surface area contributed by atoms with E-state index in [-0.39, 0.29) is 15.6 Å². The van der Waals surface area contributed by atoms with E-state index in [1.165, 1.54) is 36.4 Å². The van der Waals surface area contributed by atoms with Gasteiger partial charge in [0.2, 0.25) is 10.0 Å². The van der Waals surface area contributed by atoms with Gasteiger partial charge < -0.3 is 15.7 Å². The van der Waals surface area contributed by atoms with Gasteiger partial charge in [0.15, 0.2) is 5.11 Å². The van der Waals surface area contributed by atoms with E-state index in [1.54, 1.807) is 6.07 Å². The molecule has 2 aromatic rings. The van der Waals surface area contributed by atoms with E-state index >= 15 is 0 Å². The number of thiocarbonyl (C=S) groups is 1. The van der Waals surface area contributed by atoms with Gasteiger partial charge in [-0.05, 0) is 61.1 Å². The first-order valence-electron chi connectivity index (χ1n) is 6.71. The Labute approximate surface area is 144 Å². The molecular formula is C15H15N3O4S2. The van der Waals surface area contributed by atoms with E-state index in [4.69, 9.17) is 22.5 Å². The monoisotopic (exact) mass is 365 g/mol. The average Bonchev–Trinajstić information content (AvgIpc) is 2.48. The molecule has 0 heterocycles. The lowest BCUT2D eigenvalue weighted by atomic mass is 10.1. The molecule has 0 saturated carbocycles. The Morgan fingerprint density at radius 3 is 2.29 bits per heavy atom. The highest BCUT2D eigenvalue weighted by atomic mass is 32.2. The molecule has 7 nitrogen and oxygen atoms in total. The third-order valence-electron chi connectivity index (χ3n) is 3.17. The second-order valence-corrected chi connectivity index (χ2v) is 6.95.